The van der Waals surface area contributed by atoms with Crippen molar-refractivity contribution in [1.29, 1.82) is 0 Å². The molecule has 1 aliphatic rings. The van der Waals surface area contributed by atoms with Crippen molar-refractivity contribution in [2.45, 2.75) is 84.2 Å². The molecule has 3 atom stereocenters. The van der Waals surface area contributed by atoms with Gasteiger partial charge >= 0.3 is 0 Å². The van der Waals surface area contributed by atoms with Crippen LogP contribution in [0.4, 0.5) is 0 Å². The molecule has 0 spiro atoms. The minimum Gasteiger partial charge on any atom is -0.329 e. The zero-order chi connectivity index (χ0) is 13.4. The molecule has 0 amide bonds. The Labute approximate surface area is 114 Å². The third kappa shape index (κ3) is 4.89. The third-order valence-corrected chi connectivity index (χ3v) is 4.69. The Kier molecular flexibility index (Phi) is 7.92. The Morgan fingerprint density at radius 2 is 1.94 bits per heavy atom. The standard InChI is InChI=1S/C16H34N2/c1-4-5-6-7-8-11-15(3)18-12-9-10-14(2)16(18)13-17/h14-16H,4-13,17H2,1-3H3. The smallest absolute Gasteiger partial charge is 0.0246 e. The largest absolute Gasteiger partial charge is 0.329 e. The fourth-order valence-corrected chi connectivity index (χ4v) is 3.40. The van der Waals surface area contributed by atoms with Crippen LogP contribution < -0.4 is 5.73 Å². The van der Waals surface area contributed by atoms with Crippen LogP contribution in [-0.2, 0) is 0 Å². The van der Waals surface area contributed by atoms with Crippen molar-refractivity contribution >= 4 is 0 Å². The van der Waals surface area contributed by atoms with Gasteiger partial charge in [0.25, 0.3) is 0 Å². The average Bonchev–Trinajstić information content (AvgIpc) is 2.38. The van der Waals surface area contributed by atoms with E-state index in [1.165, 1.54) is 57.9 Å². The minimum absolute atomic E-state index is 0.629. The zero-order valence-electron chi connectivity index (χ0n) is 12.8. The first-order valence-electron chi connectivity index (χ1n) is 8.16. The lowest BCUT2D eigenvalue weighted by molar-refractivity contribution is 0.0645. The Bertz CT molecular complexity index is 205. The number of hydrogen-bond donors (Lipinski definition) is 1. The summed E-state index contributed by atoms with van der Waals surface area (Å²) in [7, 11) is 0. The fraction of sp³-hybridized carbons (Fsp3) is 1.00. The van der Waals surface area contributed by atoms with Gasteiger partial charge in [0.15, 0.2) is 0 Å². The Morgan fingerprint density at radius 1 is 1.22 bits per heavy atom. The molecule has 2 nitrogen and oxygen atoms in total. The lowest BCUT2D eigenvalue weighted by Crippen LogP contribution is -2.52. The summed E-state index contributed by atoms with van der Waals surface area (Å²) >= 11 is 0. The molecule has 0 radical (unpaired) electrons. The highest BCUT2D eigenvalue weighted by Gasteiger charge is 2.29. The van der Waals surface area contributed by atoms with Gasteiger partial charge in [0.2, 0.25) is 0 Å². The van der Waals surface area contributed by atoms with Crippen molar-refractivity contribution in [3.63, 3.8) is 0 Å². The lowest BCUT2D eigenvalue weighted by Gasteiger charge is -2.43. The minimum atomic E-state index is 0.629. The molecule has 0 aliphatic carbocycles. The van der Waals surface area contributed by atoms with Gasteiger partial charge in [-0.1, -0.05) is 46.0 Å². The summed E-state index contributed by atoms with van der Waals surface area (Å²) in [5, 5.41) is 0. The molecule has 1 fully saturated rings. The summed E-state index contributed by atoms with van der Waals surface area (Å²) in [6, 6.07) is 1.35. The Balaban J connectivity index is 2.28. The van der Waals surface area contributed by atoms with Crippen molar-refractivity contribution in [2.24, 2.45) is 11.7 Å². The van der Waals surface area contributed by atoms with E-state index in [9.17, 15) is 0 Å². The third-order valence-electron chi connectivity index (χ3n) is 4.69. The molecular formula is C16H34N2. The van der Waals surface area contributed by atoms with Gasteiger partial charge in [0.05, 0.1) is 0 Å². The number of hydrogen-bond acceptors (Lipinski definition) is 2. The predicted molar refractivity (Wildman–Crippen MR) is 80.8 cm³/mol. The molecular weight excluding hydrogens is 220 g/mol. The number of likely N-dealkylation sites (tertiary alicyclic amines) is 1. The van der Waals surface area contributed by atoms with Crippen LogP contribution in [-0.4, -0.2) is 30.1 Å². The topological polar surface area (TPSA) is 29.3 Å². The highest BCUT2D eigenvalue weighted by molar-refractivity contribution is 4.85. The van der Waals surface area contributed by atoms with Gasteiger partial charge in [-0.05, 0) is 38.6 Å². The average molecular weight is 254 g/mol. The predicted octanol–water partition coefficient (Wildman–Crippen LogP) is 3.79. The molecule has 3 unspecified atom stereocenters. The number of piperidine rings is 1. The van der Waals surface area contributed by atoms with Gasteiger partial charge in [-0.25, -0.2) is 0 Å². The highest BCUT2D eigenvalue weighted by atomic mass is 15.2. The van der Waals surface area contributed by atoms with Gasteiger partial charge < -0.3 is 5.73 Å². The van der Waals surface area contributed by atoms with E-state index in [4.69, 9.17) is 5.73 Å². The molecule has 2 N–H and O–H groups in total. The quantitative estimate of drug-likeness (QED) is 0.668. The van der Waals surface area contributed by atoms with E-state index in [1.54, 1.807) is 0 Å². The van der Waals surface area contributed by atoms with Crippen LogP contribution in [0, 0.1) is 5.92 Å². The van der Waals surface area contributed by atoms with E-state index in [1.807, 2.05) is 0 Å². The molecule has 1 rings (SSSR count). The molecule has 1 aliphatic heterocycles. The molecule has 1 heterocycles. The number of unbranched alkanes of at least 4 members (excludes halogenated alkanes) is 4. The first-order valence-corrected chi connectivity index (χ1v) is 8.16. The molecule has 108 valence electrons. The molecule has 2 heteroatoms. The molecule has 0 aromatic carbocycles. The van der Waals surface area contributed by atoms with Crippen molar-refractivity contribution in [3.8, 4) is 0 Å². The van der Waals surface area contributed by atoms with Crippen molar-refractivity contribution < 1.29 is 0 Å². The highest BCUT2D eigenvalue weighted by Crippen LogP contribution is 2.26. The van der Waals surface area contributed by atoms with Crippen LogP contribution >= 0.6 is 0 Å². The van der Waals surface area contributed by atoms with E-state index in [2.05, 4.69) is 25.7 Å². The number of rotatable bonds is 8. The molecule has 1 saturated heterocycles. The van der Waals surface area contributed by atoms with Gasteiger partial charge in [0.1, 0.15) is 0 Å². The summed E-state index contributed by atoms with van der Waals surface area (Å²) in [5.41, 5.74) is 5.97. The van der Waals surface area contributed by atoms with Crippen LogP contribution in [0.5, 0.6) is 0 Å². The van der Waals surface area contributed by atoms with E-state index in [0.717, 1.165) is 18.5 Å². The van der Waals surface area contributed by atoms with Crippen LogP contribution in [0.2, 0.25) is 0 Å². The number of nitrogens with zero attached hydrogens (tertiary/aromatic N) is 1. The Morgan fingerprint density at radius 3 is 2.61 bits per heavy atom. The van der Waals surface area contributed by atoms with Gasteiger partial charge in [-0.3, -0.25) is 4.90 Å². The second kappa shape index (κ2) is 8.92. The summed E-state index contributed by atoms with van der Waals surface area (Å²) < 4.78 is 0. The zero-order valence-corrected chi connectivity index (χ0v) is 12.8. The fourth-order valence-electron chi connectivity index (χ4n) is 3.40. The molecule has 0 bridgehead atoms. The van der Waals surface area contributed by atoms with E-state index in [0.29, 0.717) is 6.04 Å². The maximum Gasteiger partial charge on any atom is 0.0246 e. The van der Waals surface area contributed by atoms with Crippen LogP contribution in [0.15, 0.2) is 0 Å². The van der Waals surface area contributed by atoms with Gasteiger partial charge in [0, 0.05) is 18.6 Å². The van der Waals surface area contributed by atoms with Crippen molar-refractivity contribution in [1.82, 2.24) is 4.90 Å². The van der Waals surface area contributed by atoms with Crippen LogP contribution in [0.25, 0.3) is 0 Å². The van der Waals surface area contributed by atoms with Gasteiger partial charge in [-0.15, -0.1) is 0 Å². The van der Waals surface area contributed by atoms with Crippen molar-refractivity contribution in [3.05, 3.63) is 0 Å². The van der Waals surface area contributed by atoms with E-state index < -0.39 is 0 Å². The van der Waals surface area contributed by atoms with Crippen molar-refractivity contribution in [2.75, 3.05) is 13.1 Å². The molecule has 0 aromatic rings. The van der Waals surface area contributed by atoms with Crippen LogP contribution in [0.1, 0.15) is 72.1 Å². The SMILES string of the molecule is CCCCCCCC(C)N1CCCC(C)C1CN. The molecule has 0 aromatic heterocycles. The second-order valence-electron chi connectivity index (χ2n) is 6.21. The normalized spacial score (nSPS) is 27.3. The summed E-state index contributed by atoms with van der Waals surface area (Å²) in [5.74, 6) is 0.784. The Hall–Kier alpha value is -0.0800. The number of nitrogens with two attached hydrogens (primary N) is 1. The first kappa shape index (κ1) is 16.0. The van der Waals surface area contributed by atoms with Crippen LogP contribution in [0.3, 0.4) is 0 Å². The molecule has 18 heavy (non-hydrogen) atoms. The molecule has 0 saturated carbocycles. The lowest BCUT2D eigenvalue weighted by atomic mass is 9.89. The monoisotopic (exact) mass is 254 g/mol. The summed E-state index contributed by atoms with van der Waals surface area (Å²) in [4.78, 5) is 2.69. The first-order chi connectivity index (χ1) is 8.70. The summed E-state index contributed by atoms with van der Waals surface area (Å²) in [6.07, 6.45) is 11.0. The summed E-state index contributed by atoms with van der Waals surface area (Å²) in [6.45, 7) is 9.16. The second-order valence-corrected chi connectivity index (χ2v) is 6.21. The van der Waals surface area contributed by atoms with Gasteiger partial charge in [-0.2, -0.15) is 0 Å². The maximum atomic E-state index is 5.97. The van der Waals surface area contributed by atoms with E-state index in [-0.39, 0.29) is 0 Å². The maximum absolute atomic E-state index is 5.97. The van der Waals surface area contributed by atoms with E-state index >= 15 is 0 Å².